The third-order valence-corrected chi connectivity index (χ3v) is 7.28. The smallest absolute Gasteiger partial charge is 0.259 e. The van der Waals surface area contributed by atoms with Crippen molar-refractivity contribution in [2.45, 2.75) is 31.1 Å². The van der Waals surface area contributed by atoms with Crippen molar-refractivity contribution in [3.8, 4) is 5.69 Å². The molecule has 1 aliphatic rings. The van der Waals surface area contributed by atoms with E-state index < -0.39 is 15.9 Å². The van der Waals surface area contributed by atoms with E-state index in [-0.39, 0.29) is 10.6 Å². The van der Waals surface area contributed by atoms with Crippen LogP contribution in [0.5, 0.6) is 0 Å². The average Bonchev–Trinajstić information content (AvgIpc) is 3.16. The van der Waals surface area contributed by atoms with E-state index in [0.29, 0.717) is 24.3 Å². The fourth-order valence-electron chi connectivity index (χ4n) is 3.69. The molecule has 2 aromatic carbocycles. The van der Waals surface area contributed by atoms with Gasteiger partial charge in [0.05, 0.1) is 28.8 Å². The summed E-state index contributed by atoms with van der Waals surface area (Å²) in [5.74, 6) is -0.393. The van der Waals surface area contributed by atoms with Crippen molar-refractivity contribution in [2.75, 3.05) is 18.4 Å². The molecule has 0 saturated carbocycles. The minimum absolute atomic E-state index is 0.119. The number of piperidine rings is 1. The Balaban J connectivity index is 1.62. The molecule has 1 aromatic heterocycles. The number of amides is 1. The van der Waals surface area contributed by atoms with Gasteiger partial charge >= 0.3 is 0 Å². The normalized spacial score (nSPS) is 15.1. The van der Waals surface area contributed by atoms with Crippen LogP contribution in [0.3, 0.4) is 0 Å². The number of carbonyl (C=O) groups is 1. The van der Waals surface area contributed by atoms with Crippen molar-refractivity contribution in [1.29, 1.82) is 0 Å². The van der Waals surface area contributed by atoms with Crippen LogP contribution in [0.1, 0.15) is 35.3 Å². The predicted octanol–water partition coefficient (Wildman–Crippen LogP) is 3.61. The van der Waals surface area contributed by atoms with Gasteiger partial charge in [-0.15, -0.1) is 0 Å². The summed E-state index contributed by atoms with van der Waals surface area (Å²) in [6.45, 7) is 2.83. The Morgan fingerprint density at radius 2 is 1.63 bits per heavy atom. The lowest BCUT2D eigenvalue weighted by Crippen LogP contribution is -2.36. The van der Waals surface area contributed by atoms with Gasteiger partial charge in [-0.25, -0.2) is 13.1 Å². The van der Waals surface area contributed by atoms with Gasteiger partial charge in [-0.05, 0) is 44.0 Å². The van der Waals surface area contributed by atoms with Gasteiger partial charge in [0.2, 0.25) is 10.0 Å². The molecule has 1 amide bonds. The number of aromatic nitrogens is 2. The number of benzene rings is 2. The summed E-state index contributed by atoms with van der Waals surface area (Å²) in [6, 6.07) is 16.1. The molecule has 30 heavy (non-hydrogen) atoms. The lowest BCUT2D eigenvalue weighted by Gasteiger charge is -2.26. The Kier molecular flexibility index (Phi) is 5.69. The summed E-state index contributed by atoms with van der Waals surface area (Å²) in [5, 5.41) is 7.10. The van der Waals surface area contributed by atoms with E-state index in [1.54, 1.807) is 28.9 Å². The van der Waals surface area contributed by atoms with Crippen molar-refractivity contribution in [1.82, 2.24) is 14.1 Å². The molecule has 1 N–H and O–H groups in total. The third kappa shape index (κ3) is 3.88. The number of sulfonamides is 1. The zero-order valence-corrected chi connectivity index (χ0v) is 17.6. The Labute approximate surface area is 176 Å². The molecule has 0 radical (unpaired) electrons. The standard InChI is InChI=1S/C22H24N4O3S/c1-17-19(16-23-26(17)18-10-4-2-5-11-18)22(27)24-20-12-6-7-13-21(20)30(28,29)25-14-8-3-9-15-25/h2,4-7,10-13,16H,3,8-9,14-15H2,1H3,(H,24,27). The number of rotatable bonds is 5. The first-order valence-electron chi connectivity index (χ1n) is 9.99. The minimum atomic E-state index is -3.67. The molecule has 0 aliphatic carbocycles. The van der Waals surface area contributed by atoms with Crippen LogP contribution in [0.25, 0.3) is 5.69 Å². The van der Waals surface area contributed by atoms with Crippen LogP contribution in [0, 0.1) is 6.92 Å². The molecule has 1 fully saturated rings. The summed E-state index contributed by atoms with van der Waals surface area (Å²) in [5.41, 5.74) is 2.20. The number of para-hydroxylation sites is 2. The van der Waals surface area contributed by atoms with Crippen molar-refractivity contribution in [3.05, 3.63) is 72.1 Å². The van der Waals surface area contributed by atoms with Gasteiger partial charge < -0.3 is 5.32 Å². The van der Waals surface area contributed by atoms with Gasteiger partial charge in [0, 0.05) is 13.1 Å². The maximum atomic E-state index is 13.1. The molecular formula is C22H24N4O3S. The van der Waals surface area contributed by atoms with E-state index in [1.807, 2.05) is 37.3 Å². The van der Waals surface area contributed by atoms with Crippen molar-refractivity contribution in [3.63, 3.8) is 0 Å². The molecule has 0 spiro atoms. The van der Waals surface area contributed by atoms with Crippen LogP contribution in [0.2, 0.25) is 0 Å². The quantitative estimate of drug-likeness (QED) is 0.678. The first-order chi connectivity index (χ1) is 14.5. The fourth-order valence-corrected chi connectivity index (χ4v) is 5.36. The van der Waals surface area contributed by atoms with Gasteiger partial charge in [-0.3, -0.25) is 4.79 Å². The van der Waals surface area contributed by atoms with Crippen molar-refractivity contribution in [2.24, 2.45) is 0 Å². The molecule has 3 aromatic rings. The fraction of sp³-hybridized carbons (Fsp3) is 0.273. The first-order valence-corrected chi connectivity index (χ1v) is 11.4. The summed E-state index contributed by atoms with van der Waals surface area (Å²) >= 11 is 0. The maximum Gasteiger partial charge on any atom is 0.259 e. The lowest BCUT2D eigenvalue weighted by molar-refractivity contribution is 0.102. The molecule has 2 heterocycles. The van der Waals surface area contributed by atoms with E-state index in [4.69, 9.17) is 0 Å². The summed E-state index contributed by atoms with van der Waals surface area (Å²) in [4.78, 5) is 13.1. The molecule has 0 unspecified atom stereocenters. The number of anilines is 1. The largest absolute Gasteiger partial charge is 0.321 e. The van der Waals surface area contributed by atoms with E-state index in [9.17, 15) is 13.2 Å². The van der Waals surface area contributed by atoms with Gasteiger partial charge in [0.15, 0.2) is 0 Å². The topological polar surface area (TPSA) is 84.3 Å². The van der Waals surface area contributed by atoms with E-state index in [2.05, 4.69) is 10.4 Å². The monoisotopic (exact) mass is 424 g/mol. The summed E-state index contributed by atoms with van der Waals surface area (Å²) in [7, 11) is -3.67. The molecule has 0 bridgehead atoms. The van der Waals surface area contributed by atoms with Gasteiger partial charge in [0.1, 0.15) is 4.90 Å². The van der Waals surface area contributed by atoms with Crippen LogP contribution in [-0.2, 0) is 10.0 Å². The average molecular weight is 425 g/mol. The minimum Gasteiger partial charge on any atom is -0.321 e. The zero-order valence-electron chi connectivity index (χ0n) is 16.8. The van der Waals surface area contributed by atoms with E-state index in [1.165, 1.54) is 10.5 Å². The molecule has 0 atom stereocenters. The molecule has 7 nitrogen and oxygen atoms in total. The first kappa shape index (κ1) is 20.3. The lowest BCUT2D eigenvalue weighted by atomic mass is 10.2. The SMILES string of the molecule is Cc1c(C(=O)Nc2ccccc2S(=O)(=O)N2CCCCC2)cnn1-c1ccccc1. The summed E-state index contributed by atoms with van der Waals surface area (Å²) < 4.78 is 29.5. The van der Waals surface area contributed by atoms with Crippen LogP contribution in [0.4, 0.5) is 5.69 Å². The summed E-state index contributed by atoms with van der Waals surface area (Å²) in [6.07, 6.45) is 4.24. The second-order valence-electron chi connectivity index (χ2n) is 7.31. The number of nitrogens with one attached hydrogen (secondary N) is 1. The van der Waals surface area contributed by atoms with Crippen LogP contribution in [-0.4, -0.2) is 41.5 Å². The Morgan fingerprint density at radius 3 is 2.37 bits per heavy atom. The highest BCUT2D eigenvalue weighted by Crippen LogP contribution is 2.27. The molecule has 8 heteroatoms. The van der Waals surface area contributed by atoms with Crippen molar-refractivity contribution < 1.29 is 13.2 Å². The van der Waals surface area contributed by atoms with E-state index >= 15 is 0 Å². The van der Waals surface area contributed by atoms with Crippen LogP contribution >= 0.6 is 0 Å². The predicted molar refractivity (Wildman–Crippen MR) is 115 cm³/mol. The molecule has 156 valence electrons. The number of hydrogen-bond donors (Lipinski definition) is 1. The Bertz CT molecular complexity index is 1150. The molecule has 1 aliphatic heterocycles. The highest BCUT2D eigenvalue weighted by molar-refractivity contribution is 7.89. The highest BCUT2D eigenvalue weighted by Gasteiger charge is 2.29. The van der Waals surface area contributed by atoms with E-state index in [0.717, 1.165) is 24.9 Å². The molecule has 4 rings (SSSR count). The Hall–Kier alpha value is -2.97. The van der Waals surface area contributed by atoms with Gasteiger partial charge in [0.25, 0.3) is 5.91 Å². The van der Waals surface area contributed by atoms with Crippen LogP contribution in [0.15, 0.2) is 65.7 Å². The zero-order chi connectivity index (χ0) is 21.1. The van der Waals surface area contributed by atoms with Crippen LogP contribution < -0.4 is 5.32 Å². The molecular weight excluding hydrogens is 400 g/mol. The van der Waals surface area contributed by atoms with Gasteiger partial charge in [-0.2, -0.15) is 9.40 Å². The second kappa shape index (κ2) is 8.41. The van der Waals surface area contributed by atoms with Crippen molar-refractivity contribution >= 4 is 21.6 Å². The molecule has 1 saturated heterocycles. The Morgan fingerprint density at radius 1 is 0.967 bits per heavy atom. The third-order valence-electron chi connectivity index (χ3n) is 5.32. The number of nitrogens with zero attached hydrogens (tertiary/aromatic N) is 3. The highest BCUT2D eigenvalue weighted by atomic mass is 32.2. The second-order valence-corrected chi connectivity index (χ2v) is 9.21. The number of carbonyl (C=O) groups excluding carboxylic acids is 1. The van der Waals surface area contributed by atoms with Gasteiger partial charge in [-0.1, -0.05) is 36.8 Å². The number of hydrogen-bond acceptors (Lipinski definition) is 4. The maximum absolute atomic E-state index is 13.1.